The summed E-state index contributed by atoms with van der Waals surface area (Å²) >= 11 is 0. The van der Waals surface area contributed by atoms with Crippen molar-refractivity contribution in [3.05, 3.63) is 0 Å². The molecule has 2 heteroatoms. The van der Waals surface area contributed by atoms with Gasteiger partial charge < -0.3 is 10.0 Å². The number of hydrogen-bond donors (Lipinski definition) is 1. The summed E-state index contributed by atoms with van der Waals surface area (Å²) in [6.07, 6.45) is 10.1. The number of hydrogen-bond acceptors (Lipinski definition) is 2. The molecular formula is C15H29NO. The molecule has 2 rings (SSSR count). The monoisotopic (exact) mass is 239 g/mol. The first kappa shape index (κ1) is 13.4. The van der Waals surface area contributed by atoms with Crippen molar-refractivity contribution in [1.29, 1.82) is 0 Å². The Morgan fingerprint density at radius 2 is 1.82 bits per heavy atom. The fourth-order valence-corrected chi connectivity index (χ4v) is 3.57. The SMILES string of the molecule is CCC1CCC(N2CCCC(C)(O)CC2)CC1. The molecule has 0 radical (unpaired) electrons. The average molecular weight is 239 g/mol. The molecule has 0 aromatic rings. The molecule has 1 aliphatic heterocycles. The van der Waals surface area contributed by atoms with Crippen molar-refractivity contribution in [2.45, 2.75) is 76.9 Å². The van der Waals surface area contributed by atoms with E-state index in [1.165, 1.54) is 45.1 Å². The molecule has 1 saturated carbocycles. The predicted molar refractivity (Wildman–Crippen MR) is 72.1 cm³/mol. The highest BCUT2D eigenvalue weighted by atomic mass is 16.3. The van der Waals surface area contributed by atoms with Crippen molar-refractivity contribution in [3.8, 4) is 0 Å². The van der Waals surface area contributed by atoms with Gasteiger partial charge in [0.1, 0.15) is 0 Å². The molecule has 17 heavy (non-hydrogen) atoms. The fourth-order valence-electron chi connectivity index (χ4n) is 3.57. The minimum atomic E-state index is -0.407. The first-order valence-electron chi connectivity index (χ1n) is 7.57. The van der Waals surface area contributed by atoms with E-state index in [-0.39, 0.29) is 0 Å². The Labute approximate surface area is 106 Å². The van der Waals surface area contributed by atoms with Gasteiger partial charge in [-0.25, -0.2) is 0 Å². The van der Waals surface area contributed by atoms with Crippen LogP contribution in [0.1, 0.15) is 65.2 Å². The van der Waals surface area contributed by atoms with Gasteiger partial charge in [-0.3, -0.25) is 0 Å². The molecule has 0 spiro atoms. The lowest BCUT2D eigenvalue weighted by atomic mass is 9.84. The summed E-state index contributed by atoms with van der Waals surface area (Å²) in [7, 11) is 0. The molecule has 0 aromatic heterocycles. The molecule has 2 nitrogen and oxygen atoms in total. The van der Waals surface area contributed by atoms with E-state index in [2.05, 4.69) is 11.8 Å². The van der Waals surface area contributed by atoms with Crippen molar-refractivity contribution >= 4 is 0 Å². The van der Waals surface area contributed by atoms with E-state index in [4.69, 9.17) is 0 Å². The maximum absolute atomic E-state index is 10.1. The van der Waals surface area contributed by atoms with Gasteiger partial charge in [0.2, 0.25) is 0 Å². The molecule has 1 aliphatic carbocycles. The van der Waals surface area contributed by atoms with Gasteiger partial charge in [-0.15, -0.1) is 0 Å². The highest BCUT2D eigenvalue weighted by Crippen LogP contribution is 2.31. The second-order valence-electron chi connectivity index (χ2n) is 6.47. The summed E-state index contributed by atoms with van der Waals surface area (Å²) in [6.45, 7) is 6.64. The number of rotatable bonds is 2. The van der Waals surface area contributed by atoms with Crippen LogP contribution in [0.3, 0.4) is 0 Å². The smallest absolute Gasteiger partial charge is 0.0632 e. The van der Waals surface area contributed by atoms with Gasteiger partial charge in [0.25, 0.3) is 0 Å². The fraction of sp³-hybridized carbons (Fsp3) is 1.00. The van der Waals surface area contributed by atoms with Gasteiger partial charge in [-0.1, -0.05) is 13.3 Å². The molecule has 0 bridgehead atoms. The van der Waals surface area contributed by atoms with Gasteiger partial charge in [-0.05, 0) is 64.3 Å². The van der Waals surface area contributed by atoms with E-state index in [0.29, 0.717) is 0 Å². The van der Waals surface area contributed by atoms with Crippen LogP contribution in [0.5, 0.6) is 0 Å². The molecule has 100 valence electrons. The molecule has 1 N–H and O–H groups in total. The van der Waals surface area contributed by atoms with Crippen LogP contribution in [0, 0.1) is 5.92 Å². The zero-order valence-corrected chi connectivity index (χ0v) is 11.6. The second kappa shape index (κ2) is 5.71. The standard InChI is InChI=1S/C15H29NO/c1-3-13-5-7-14(8-6-13)16-11-4-9-15(2,17)10-12-16/h13-14,17H,3-12H2,1-2H3. The number of likely N-dealkylation sites (tertiary alicyclic amines) is 1. The topological polar surface area (TPSA) is 23.5 Å². The maximum Gasteiger partial charge on any atom is 0.0632 e. The van der Waals surface area contributed by atoms with Crippen molar-refractivity contribution in [3.63, 3.8) is 0 Å². The number of nitrogens with zero attached hydrogens (tertiary/aromatic N) is 1. The largest absolute Gasteiger partial charge is 0.390 e. The third kappa shape index (κ3) is 3.69. The van der Waals surface area contributed by atoms with Crippen LogP contribution in [0.25, 0.3) is 0 Å². The average Bonchev–Trinajstić information content (AvgIpc) is 2.50. The van der Waals surface area contributed by atoms with E-state index in [1.807, 2.05) is 6.92 Å². The summed E-state index contributed by atoms with van der Waals surface area (Å²) in [5.41, 5.74) is -0.407. The van der Waals surface area contributed by atoms with Gasteiger partial charge >= 0.3 is 0 Å². The lowest BCUT2D eigenvalue weighted by Crippen LogP contribution is -2.39. The van der Waals surface area contributed by atoms with Crippen LogP contribution in [0.15, 0.2) is 0 Å². The van der Waals surface area contributed by atoms with E-state index >= 15 is 0 Å². The van der Waals surface area contributed by atoms with Crippen LogP contribution in [0.2, 0.25) is 0 Å². The summed E-state index contributed by atoms with van der Waals surface area (Å²) in [5, 5.41) is 10.1. The van der Waals surface area contributed by atoms with Crippen LogP contribution < -0.4 is 0 Å². The quantitative estimate of drug-likeness (QED) is 0.800. The Bertz CT molecular complexity index is 231. The lowest BCUT2D eigenvalue weighted by Gasteiger charge is -2.36. The minimum Gasteiger partial charge on any atom is -0.390 e. The van der Waals surface area contributed by atoms with Crippen molar-refractivity contribution in [2.75, 3.05) is 13.1 Å². The second-order valence-corrected chi connectivity index (χ2v) is 6.47. The summed E-state index contributed by atoms with van der Waals surface area (Å²) in [6, 6.07) is 0.812. The molecule has 1 heterocycles. The Morgan fingerprint density at radius 3 is 2.47 bits per heavy atom. The molecule has 0 aromatic carbocycles. The molecular weight excluding hydrogens is 210 g/mol. The van der Waals surface area contributed by atoms with E-state index in [1.54, 1.807) is 0 Å². The molecule has 2 aliphatic rings. The van der Waals surface area contributed by atoms with Gasteiger partial charge in [-0.2, -0.15) is 0 Å². The Morgan fingerprint density at radius 1 is 1.12 bits per heavy atom. The molecule has 1 unspecified atom stereocenters. The predicted octanol–water partition coefficient (Wildman–Crippen LogP) is 3.19. The highest BCUT2D eigenvalue weighted by Gasteiger charge is 2.30. The zero-order chi connectivity index (χ0) is 12.3. The third-order valence-corrected chi connectivity index (χ3v) is 5.01. The van der Waals surface area contributed by atoms with Crippen LogP contribution >= 0.6 is 0 Å². The Balaban J connectivity index is 1.82. The molecule has 1 saturated heterocycles. The van der Waals surface area contributed by atoms with Crippen molar-refractivity contribution in [1.82, 2.24) is 4.90 Å². The van der Waals surface area contributed by atoms with Crippen molar-refractivity contribution in [2.24, 2.45) is 5.92 Å². The van der Waals surface area contributed by atoms with Gasteiger partial charge in [0.05, 0.1) is 5.60 Å². The minimum absolute atomic E-state index is 0.407. The van der Waals surface area contributed by atoms with Gasteiger partial charge in [0.15, 0.2) is 0 Å². The Kier molecular flexibility index (Phi) is 4.48. The maximum atomic E-state index is 10.1. The van der Waals surface area contributed by atoms with Crippen LogP contribution in [-0.4, -0.2) is 34.7 Å². The van der Waals surface area contributed by atoms with Gasteiger partial charge in [0, 0.05) is 12.6 Å². The summed E-state index contributed by atoms with van der Waals surface area (Å²) in [5.74, 6) is 0.987. The lowest BCUT2D eigenvalue weighted by molar-refractivity contribution is 0.0413. The van der Waals surface area contributed by atoms with E-state index in [0.717, 1.165) is 31.3 Å². The first-order valence-corrected chi connectivity index (χ1v) is 7.57. The summed E-state index contributed by atoms with van der Waals surface area (Å²) in [4.78, 5) is 2.66. The van der Waals surface area contributed by atoms with Crippen LogP contribution in [-0.2, 0) is 0 Å². The first-order chi connectivity index (χ1) is 8.11. The molecule has 1 atom stereocenters. The normalized spacial score (nSPS) is 41.1. The number of aliphatic hydroxyl groups is 1. The third-order valence-electron chi connectivity index (χ3n) is 5.01. The highest BCUT2D eigenvalue weighted by molar-refractivity contribution is 4.85. The van der Waals surface area contributed by atoms with Crippen molar-refractivity contribution < 1.29 is 5.11 Å². The molecule has 2 fully saturated rings. The van der Waals surface area contributed by atoms with E-state index < -0.39 is 5.60 Å². The zero-order valence-electron chi connectivity index (χ0n) is 11.6. The van der Waals surface area contributed by atoms with Crippen LogP contribution in [0.4, 0.5) is 0 Å². The Hall–Kier alpha value is -0.0800. The molecule has 0 amide bonds. The summed E-state index contributed by atoms with van der Waals surface area (Å²) < 4.78 is 0. The van der Waals surface area contributed by atoms with E-state index in [9.17, 15) is 5.11 Å².